The van der Waals surface area contributed by atoms with Crippen LogP contribution >= 0.6 is 0 Å². The lowest BCUT2D eigenvalue weighted by Gasteiger charge is -2.18. The molecule has 6 heteroatoms. The van der Waals surface area contributed by atoms with Crippen LogP contribution in [0.2, 0.25) is 0 Å². The molecule has 0 radical (unpaired) electrons. The molecule has 0 fully saturated rings. The number of rotatable bonds is 51. The Morgan fingerprint density at radius 3 is 0.672 bits per heavy atom. The molecule has 0 amide bonds. The molecule has 6 nitrogen and oxygen atoms in total. The Hall–Kier alpha value is -1.59. The van der Waals surface area contributed by atoms with Gasteiger partial charge in [-0.05, 0) is 37.0 Å². The number of hydrogen-bond donors (Lipinski definition) is 0. The van der Waals surface area contributed by atoms with Crippen molar-refractivity contribution in [1.29, 1.82) is 0 Å². The largest absolute Gasteiger partial charge is 0.462 e. The molecule has 0 unspecified atom stereocenters. The molecule has 0 bridgehead atoms. The fourth-order valence-electron chi connectivity index (χ4n) is 8.82. The van der Waals surface area contributed by atoms with Gasteiger partial charge in [0.1, 0.15) is 13.2 Å². The molecule has 0 aliphatic heterocycles. The lowest BCUT2D eigenvalue weighted by Crippen LogP contribution is -2.30. The maximum absolute atomic E-state index is 12.8. The number of carbonyl (C=O) groups is 3. The van der Waals surface area contributed by atoms with Gasteiger partial charge >= 0.3 is 17.9 Å². The van der Waals surface area contributed by atoms with Crippen molar-refractivity contribution in [2.45, 2.75) is 324 Å². The molecule has 0 aromatic heterocycles. The van der Waals surface area contributed by atoms with Gasteiger partial charge in [-0.3, -0.25) is 14.4 Å². The van der Waals surface area contributed by atoms with E-state index in [2.05, 4.69) is 41.5 Å². The molecule has 380 valence electrons. The summed E-state index contributed by atoms with van der Waals surface area (Å²) >= 11 is 0. The second-order valence-corrected chi connectivity index (χ2v) is 21.4. The molecule has 0 aliphatic rings. The van der Waals surface area contributed by atoms with E-state index in [0.29, 0.717) is 19.3 Å². The van der Waals surface area contributed by atoms with Crippen LogP contribution < -0.4 is 0 Å². The van der Waals surface area contributed by atoms with Crippen molar-refractivity contribution in [1.82, 2.24) is 0 Å². The minimum Gasteiger partial charge on any atom is -0.462 e. The SMILES string of the molecule is CC(C)CCCCCCCCCCCCCCCCC(=O)O[C@@H](COC(=O)CCCCCCCCCCCCCCCC(C)C)COC(=O)CCCCCCCCCCCCC(C)C. The van der Waals surface area contributed by atoms with Crippen LogP contribution in [-0.2, 0) is 28.6 Å². The van der Waals surface area contributed by atoms with Gasteiger partial charge < -0.3 is 14.2 Å². The number of ether oxygens (including phenoxy) is 3. The van der Waals surface area contributed by atoms with E-state index in [1.165, 1.54) is 199 Å². The van der Waals surface area contributed by atoms with E-state index >= 15 is 0 Å². The summed E-state index contributed by atoms with van der Waals surface area (Å²) in [5, 5.41) is 0. The summed E-state index contributed by atoms with van der Waals surface area (Å²) in [7, 11) is 0. The molecule has 0 saturated carbocycles. The summed E-state index contributed by atoms with van der Waals surface area (Å²) in [4.78, 5) is 38.1. The lowest BCUT2D eigenvalue weighted by molar-refractivity contribution is -0.167. The quantitative estimate of drug-likeness (QED) is 0.0344. The molecule has 0 saturated heterocycles. The van der Waals surface area contributed by atoms with Gasteiger partial charge in [0.2, 0.25) is 0 Å². The fourth-order valence-corrected chi connectivity index (χ4v) is 8.82. The van der Waals surface area contributed by atoms with Gasteiger partial charge in [0.25, 0.3) is 0 Å². The van der Waals surface area contributed by atoms with Gasteiger partial charge in [0, 0.05) is 19.3 Å². The molecular formula is C58H112O6. The first-order valence-corrected chi connectivity index (χ1v) is 28.6. The average Bonchev–Trinajstić information content (AvgIpc) is 3.25. The van der Waals surface area contributed by atoms with Crippen LogP contribution in [0.1, 0.15) is 318 Å². The molecule has 0 heterocycles. The lowest BCUT2D eigenvalue weighted by atomic mass is 10.0. The molecule has 0 spiro atoms. The van der Waals surface area contributed by atoms with Gasteiger partial charge in [-0.1, -0.05) is 279 Å². The summed E-state index contributed by atoms with van der Waals surface area (Å²) in [6, 6.07) is 0. The standard InChI is InChI=1S/C58H112O6/c1-52(2)44-38-32-26-20-14-10-7-8-12-17-25-31-37-43-49-58(61)64-55(51-63-57(60)48-42-36-30-24-19-18-22-28-34-40-46-54(5)6)50-62-56(59)47-41-35-29-23-16-13-9-11-15-21-27-33-39-45-53(3)4/h52-55H,7-51H2,1-6H3/t55-/m0/s1. The van der Waals surface area contributed by atoms with Crippen molar-refractivity contribution < 1.29 is 28.6 Å². The van der Waals surface area contributed by atoms with Gasteiger partial charge in [-0.15, -0.1) is 0 Å². The van der Waals surface area contributed by atoms with Crippen LogP contribution in [0.5, 0.6) is 0 Å². The highest BCUT2D eigenvalue weighted by Gasteiger charge is 2.19. The summed E-state index contributed by atoms with van der Waals surface area (Å²) < 4.78 is 16.9. The first-order chi connectivity index (χ1) is 31.1. The molecule has 0 aliphatic carbocycles. The minimum atomic E-state index is -0.763. The van der Waals surface area contributed by atoms with E-state index in [-0.39, 0.29) is 31.1 Å². The normalized spacial score (nSPS) is 12.1. The van der Waals surface area contributed by atoms with Crippen molar-refractivity contribution in [3.05, 3.63) is 0 Å². The predicted molar refractivity (Wildman–Crippen MR) is 275 cm³/mol. The van der Waals surface area contributed by atoms with Gasteiger partial charge in [-0.2, -0.15) is 0 Å². The Morgan fingerprint density at radius 2 is 0.453 bits per heavy atom. The topological polar surface area (TPSA) is 78.9 Å². The first-order valence-electron chi connectivity index (χ1n) is 28.6. The number of esters is 3. The molecule has 0 aromatic rings. The van der Waals surface area contributed by atoms with Crippen LogP contribution in [0.3, 0.4) is 0 Å². The van der Waals surface area contributed by atoms with Crippen LogP contribution in [0.4, 0.5) is 0 Å². The van der Waals surface area contributed by atoms with Crippen molar-refractivity contribution in [3.63, 3.8) is 0 Å². The van der Waals surface area contributed by atoms with E-state index < -0.39 is 6.10 Å². The van der Waals surface area contributed by atoms with Crippen LogP contribution in [0.25, 0.3) is 0 Å². The number of unbranched alkanes of at least 4 members (excludes halogenated alkanes) is 34. The van der Waals surface area contributed by atoms with Crippen LogP contribution in [0, 0.1) is 17.8 Å². The Morgan fingerprint density at radius 1 is 0.266 bits per heavy atom. The molecule has 0 aromatic carbocycles. The predicted octanol–water partition coefficient (Wildman–Crippen LogP) is 18.7. The van der Waals surface area contributed by atoms with Crippen molar-refractivity contribution >= 4 is 17.9 Å². The highest BCUT2D eigenvalue weighted by molar-refractivity contribution is 5.71. The van der Waals surface area contributed by atoms with Crippen molar-refractivity contribution in [3.8, 4) is 0 Å². The number of carbonyl (C=O) groups excluding carboxylic acids is 3. The number of hydrogen-bond acceptors (Lipinski definition) is 6. The van der Waals surface area contributed by atoms with Gasteiger partial charge in [0.05, 0.1) is 0 Å². The third-order valence-electron chi connectivity index (χ3n) is 13.1. The third-order valence-corrected chi connectivity index (χ3v) is 13.1. The van der Waals surface area contributed by atoms with Crippen molar-refractivity contribution in [2.75, 3.05) is 13.2 Å². The molecular weight excluding hydrogens is 793 g/mol. The fraction of sp³-hybridized carbons (Fsp3) is 0.948. The second-order valence-electron chi connectivity index (χ2n) is 21.4. The van der Waals surface area contributed by atoms with E-state index in [9.17, 15) is 14.4 Å². The molecule has 64 heavy (non-hydrogen) atoms. The summed E-state index contributed by atoms with van der Waals surface area (Å²) in [5.74, 6) is 1.66. The van der Waals surface area contributed by atoms with Crippen molar-refractivity contribution in [2.24, 2.45) is 17.8 Å². The summed E-state index contributed by atoms with van der Waals surface area (Å²) in [6.07, 6.45) is 50.9. The Labute approximate surface area is 399 Å². The van der Waals surface area contributed by atoms with Gasteiger partial charge in [0.15, 0.2) is 6.10 Å². The summed E-state index contributed by atoms with van der Waals surface area (Å²) in [5.41, 5.74) is 0. The summed E-state index contributed by atoms with van der Waals surface area (Å²) in [6.45, 7) is 13.8. The third kappa shape index (κ3) is 51.4. The zero-order valence-corrected chi connectivity index (χ0v) is 44.1. The smallest absolute Gasteiger partial charge is 0.306 e. The zero-order chi connectivity index (χ0) is 47.0. The maximum Gasteiger partial charge on any atom is 0.306 e. The highest BCUT2D eigenvalue weighted by Crippen LogP contribution is 2.18. The minimum absolute atomic E-state index is 0.0637. The van der Waals surface area contributed by atoms with E-state index in [0.717, 1.165) is 75.5 Å². The van der Waals surface area contributed by atoms with E-state index in [1.54, 1.807) is 0 Å². The van der Waals surface area contributed by atoms with E-state index in [4.69, 9.17) is 14.2 Å². The highest BCUT2D eigenvalue weighted by atomic mass is 16.6. The molecule has 0 N–H and O–H groups in total. The second kappa shape index (κ2) is 49.3. The van der Waals surface area contributed by atoms with E-state index in [1.807, 2.05) is 0 Å². The molecule has 1 atom stereocenters. The Balaban J connectivity index is 4.30. The maximum atomic E-state index is 12.8. The monoisotopic (exact) mass is 905 g/mol. The first kappa shape index (κ1) is 62.4. The zero-order valence-electron chi connectivity index (χ0n) is 44.1. The van der Waals surface area contributed by atoms with Crippen LogP contribution in [-0.4, -0.2) is 37.2 Å². The molecule has 0 rings (SSSR count). The van der Waals surface area contributed by atoms with Gasteiger partial charge in [-0.25, -0.2) is 0 Å². The average molecular weight is 906 g/mol. The van der Waals surface area contributed by atoms with Crippen LogP contribution in [0.15, 0.2) is 0 Å². The Kier molecular flexibility index (Phi) is 48.1. The Bertz CT molecular complexity index is 991.